The van der Waals surface area contributed by atoms with Crippen molar-refractivity contribution in [1.29, 1.82) is 0 Å². The van der Waals surface area contributed by atoms with Crippen molar-refractivity contribution in [2.75, 3.05) is 7.05 Å². The van der Waals surface area contributed by atoms with Gasteiger partial charge in [-0.05, 0) is 55.0 Å². The van der Waals surface area contributed by atoms with E-state index in [1.165, 1.54) is 6.20 Å². The van der Waals surface area contributed by atoms with Gasteiger partial charge in [0.25, 0.3) is 5.91 Å². The highest BCUT2D eigenvalue weighted by Gasteiger charge is 2.29. The summed E-state index contributed by atoms with van der Waals surface area (Å²) in [5, 5.41) is 27.2. The Morgan fingerprint density at radius 2 is 1.74 bits per heavy atom. The molecule has 1 aromatic heterocycles. The van der Waals surface area contributed by atoms with Crippen LogP contribution in [0.3, 0.4) is 0 Å². The molecule has 34 heavy (non-hydrogen) atoms. The van der Waals surface area contributed by atoms with Crippen molar-refractivity contribution < 1.29 is 19.8 Å². The molecule has 0 unspecified atom stereocenters. The molecule has 0 saturated carbocycles. The minimum absolute atomic E-state index is 0.124. The van der Waals surface area contributed by atoms with Crippen LogP contribution in [0, 0.1) is 11.8 Å². The second kappa shape index (κ2) is 11.6. The smallest absolute Gasteiger partial charge is 0.253 e. The van der Waals surface area contributed by atoms with E-state index in [0.717, 1.165) is 16.5 Å². The molecule has 0 aliphatic heterocycles. The molecule has 0 aliphatic carbocycles. The molecule has 2 aromatic carbocycles. The number of aromatic nitrogens is 1. The molecule has 0 spiro atoms. The molecule has 0 fully saturated rings. The third-order valence-electron chi connectivity index (χ3n) is 5.92. The van der Waals surface area contributed by atoms with Crippen LogP contribution in [0.15, 0.2) is 60.8 Å². The molecule has 0 bridgehead atoms. The molecule has 3 rings (SSSR count). The summed E-state index contributed by atoms with van der Waals surface area (Å²) in [5.74, 6) is -0.420. The van der Waals surface area contributed by atoms with E-state index in [9.17, 15) is 19.8 Å². The van der Waals surface area contributed by atoms with E-state index >= 15 is 0 Å². The number of pyridine rings is 1. The number of carbonyl (C=O) groups excluding carboxylic acids is 2. The maximum Gasteiger partial charge on any atom is 0.253 e. The van der Waals surface area contributed by atoms with E-state index in [0.29, 0.717) is 18.4 Å². The summed E-state index contributed by atoms with van der Waals surface area (Å²) in [7, 11) is 1.59. The quantitative estimate of drug-likeness (QED) is 0.368. The van der Waals surface area contributed by atoms with Crippen LogP contribution in [-0.4, -0.2) is 46.2 Å². The number of hydrogen-bond acceptors (Lipinski definition) is 5. The number of fused-ring (bicyclic) bond motifs is 1. The fraction of sp³-hybridized carbons (Fsp3) is 0.370. The molecule has 0 aliphatic rings. The minimum Gasteiger partial charge on any atom is -0.508 e. The Morgan fingerprint density at radius 1 is 1.03 bits per heavy atom. The number of phenols is 1. The number of nitrogens with zero attached hydrogens (tertiary/aromatic N) is 1. The van der Waals surface area contributed by atoms with Crippen molar-refractivity contribution in [1.82, 2.24) is 15.6 Å². The molecular weight excluding hydrogens is 430 g/mol. The van der Waals surface area contributed by atoms with E-state index < -0.39 is 12.1 Å². The van der Waals surface area contributed by atoms with Gasteiger partial charge >= 0.3 is 0 Å². The molecule has 2 amide bonds. The van der Waals surface area contributed by atoms with Gasteiger partial charge in [0.1, 0.15) is 5.75 Å². The number of aromatic hydroxyl groups is 1. The van der Waals surface area contributed by atoms with Crippen LogP contribution in [0.5, 0.6) is 5.75 Å². The second-order valence-electron chi connectivity index (χ2n) is 9.11. The van der Waals surface area contributed by atoms with Gasteiger partial charge in [-0.25, -0.2) is 0 Å². The average Bonchev–Trinajstić information content (AvgIpc) is 2.83. The molecule has 7 heteroatoms. The fourth-order valence-corrected chi connectivity index (χ4v) is 4.16. The number of amides is 2. The first-order valence-corrected chi connectivity index (χ1v) is 11.6. The second-order valence-corrected chi connectivity index (χ2v) is 9.11. The van der Waals surface area contributed by atoms with E-state index in [1.807, 2.05) is 38.1 Å². The van der Waals surface area contributed by atoms with Crippen LogP contribution in [0.1, 0.15) is 42.6 Å². The lowest BCUT2D eigenvalue weighted by atomic mass is 9.87. The number of carbonyl (C=O) groups is 2. The van der Waals surface area contributed by atoms with Crippen LogP contribution in [0.2, 0.25) is 0 Å². The first kappa shape index (κ1) is 25.2. The molecule has 0 saturated heterocycles. The number of para-hydroxylation sites is 1. The Kier molecular flexibility index (Phi) is 8.60. The molecule has 3 aromatic rings. The normalized spacial score (nSPS) is 13.9. The van der Waals surface area contributed by atoms with Crippen molar-refractivity contribution in [2.24, 2.45) is 11.8 Å². The van der Waals surface area contributed by atoms with Crippen molar-refractivity contribution in [2.45, 2.75) is 45.3 Å². The van der Waals surface area contributed by atoms with Gasteiger partial charge in [0.2, 0.25) is 5.91 Å². The van der Waals surface area contributed by atoms with Gasteiger partial charge in [-0.2, -0.15) is 0 Å². The highest BCUT2D eigenvalue weighted by molar-refractivity contribution is 5.97. The summed E-state index contributed by atoms with van der Waals surface area (Å²) in [6, 6.07) is 15.3. The van der Waals surface area contributed by atoms with E-state index in [2.05, 4.69) is 15.6 Å². The predicted octanol–water partition coefficient (Wildman–Crippen LogP) is 3.44. The van der Waals surface area contributed by atoms with Crippen LogP contribution in [0.25, 0.3) is 10.9 Å². The summed E-state index contributed by atoms with van der Waals surface area (Å²) < 4.78 is 0. The number of nitrogens with one attached hydrogen (secondary N) is 2. The van der Waals surface area contributed by atoms with Gasteiger partial charge in [-0.1, -0.05) is 44.2 Å². The van der Waals surface area contributed by atoms with E-state index in [-0.39, 0.29) is 35.8 Å². The topological polar surface area (TPSA) is 112 Å². The van der Waals surface area contributed by atoms with Crippen molar-refractivity contribution in [3.63, 3.8) is 0 Å². The zero-order valence-corrected chi connectivity index (χ0v) is 19.9. The Morgan fingerprint density at radius 3 is 2.41 bits per heavy atom. The maximum absolute atomic E-state index is 13.1. The van der Waals surface area contributed by atoms with Crippen LogP contribution < -0.4 is 10.6 Å². The highest BCUT2D eigenvalue weighted by atomic mass is 16.3. The first-order chi connectivity index (χ1) is 16.3. The molecule has 180 valence electrons. The Labute approximate surface area is 200 Å². The molecule has 1 heterocycles. The fourth-order valence-electron chi connectivity index (χ4n) is 4.16. The van der Waals surface area contributed by atoms with Crippen molar-refractivity contribution >= 4 is 22.7 Å². The number of benzene rings is 2. The zero-order valence-electron chi connectivity index (χ0n) is 19.9. The van der Waals surface area contributed by atoms with Gasteiger partial charge in [-0.15, -0.1) is 0 Å². The van der Waals surface area contributed by atoms with Crippen LogP contribution >= 0.6 is 0 Å². The molecule has 7 nitrogen and oxygen atoms in total. The Hall–Kier alpha value is -3.45. The summed E-state index contributed by atoms with van der Waals surface area (Å²) in [4.78, 5) is 29.9. The highest BCUT2D eigenvalue weighted by Crippen LogP contribution is 2.22. The van der Waals surface area contributed by atoms with Gasteiger partial charge in [0.05, 0.1) is 23.2 Å². The molecular formula is C27H33N3O4. The molecule has 4 N–H and O–H groups in total. The first-order valence-electron chi connectivity index (χ1n) is 11.6. The lowest BCUT2D eigenvalue weighted by molar-refractivity contribution is -0.126. The third kappa shape index (κ3) is 6.78. The van der Waals surface area contributed by atoms with Gasteiger partial charge < -0.3 is 20.8 Å². The minimum atomic E-state index is -0.952. The lowest BCUT2D eigenvalue weighted by Gasteiger charge is -2.28. The number of rotatable bonds is 10. The predicted molar refractivity (Wildman–Crippen MR) is 132 cm³/mol. The van der Waals surface area contributed by atoms with Crippen LogP contribution in [-0.2, 0) is 11.2 Å². The third-order valence-corrected chi connectivity index (χ3v) is 5.92. The Balaban J connectivity index is 1.83. The Bertz CT molecular complexity index is 1110. The largest absolute Gasteiger partial charge is 0.508 e. The monoisotopic (exact) mass is 463 g/mol. The number of aliphatic hydroxyl groups excluding tert-OH is 1. The zero-order chi connectivity index (χ0) is 24.7. The average molecular weight is 464 g/mol. The maximum atomic E-state index is 13.1. The lowest BCUT2D eigenvalue weighted by Crippen LogP contribution is -2.46. The number of phenolic OH excluding ortho intramolecular Hbond substituents is 1. The van der Waals surface area contributed by atoms with Crippen molar-refractivity contribution in [3.8, 4) is 5.75 Å². The van der Waals surface area contributed by atoms with Crippen molar-refractivity contribution in [3.05, 3.63) is 71.9 Å². The summed E-state index contributed by atoms with van der Waals surface area (Å²) in [5.41, 5.74) is 2.03. The van der Waals surface area contributed by atoms with E-state index in [1.54, 1.807) is 37.4 Å². The molecule has 0 radical (unpaired) electrons. The SMILES string of the molecule is CNC(=O)[C@H](CC(C)C)C[C@H](O)[C@H](Cc1ccc(O)cc1)NC(=O)c1cnc2ccccc2c1. The summed E-state index contributed by atoms with van der Waals surface area (Å²) in [6.45, 7) is 4.06. The summed E-state index contributed by atoms with van der Waals surface area (Å²) >= 11 is 0. The summed E-state index contributed by atoms with van der Waals surface area (Å²) in [6.07, 6.45) is 1.76. The van der Waals surface area contributed by atoms with Gasteiger partial charge in [0.15, 0.2) is 0 Å². The van der Waals surface area contributed by atoms with Gasteiger partial charge in [-0.3, -0.25) is 14.6 Å². The molecule has 3 atom stereocenters. The van der Waals surface area contributed by atoms with Crippen LogP contribution in [0.4, 0.5) is 0 Å². The number of hydrogen-bond donors (Lipinski definition) is 4. The van der Waals surface area contributed by atoms with E-state index in [4.69, 9.17) is 0 Å². The standard InChI is InChI=1S/C27H33N3O4/c1-17(2)12-20(26(33)28-3)15-25(32)24(13-18-8-10-22(31)11-9-18)30-27(34)21-14-19-6-4-5-7-23(19)29-16-21/h4-11,14,16-17,20,24-25,31-32H,12-13,15H2,1-3H3,(H,28,33)(H,30,34)/t20-,24+,25+/m1/s1. The number of aliphatic hydroxyl groups is 1. The van der Waals surface area contributed by atoms with Gasteiger partial charge in [0, 0.05) is 24.5 Å².